The number of imidazole rings is 1. The van der Waals surface area contributed by atoms with Crippen molar-refractivity contribution in [3.05, 3.63) is 35.7 Å². The van der Waals surface area contributed by atoms with Crippen molar-refractivity contribution in [2.24, 2.45) is 0 Å². The first-order chi connectivity index (χ1) is 11.7. The number of aromatic amines is 1. The van der Waals surface area contributed by atoms with Gasteiger partial charge in [0.05, 0.1) is 13.2 Å². The summed E-state index contributed by atoms with van der Waals surface area (Å²) in [5.41, 5.74) is 3.73. The van der Waals surface area contributed by atoms with Crippen molar-refractivity contribution in [2.75, 3.05) is 36.5 Å². The van der Waals surface area contributed by atoms with Gasteiger partial charge >= 0.3 is 0 Å². The van der Waals surface area contributed by atoms with E-state index in [4.69, 9.17) is 4.74 Å². The Hall–Kier alpha value is -2.67. The number of nitrogens with one attached hydrogen (secondary N) is 2. The summed E-state index contributed by atoms with van der Waals surface area (Å²) in [6.45, 7) is 7.04. The fourth-order valence-electron chi connectivity index (χ4n) is 2.91. The van der Waals surface area contributed by atoms with Crippen molar-refractivity contribution in [2.45, 2.75) is 13.8 Å². The van der Waals surface area contributed by atoms with Crippen molar-refractivity contribution in [1.82, 2.24) is 19.9 Å². The van der Waals surface area contributed by atoms with Crippen molar-refractivity contribution in [1.29, 1.82) is 0 Å². The first-order valence-corrected chi connectivity index (χ1v) is 8.10. The molecule has 1 fully saturated rings. The summed E-state index contributed by atoms with van der Waals surface area (Å²) in [6, 6.07) is 8.17. The Balaban J connectivity index is 1.71. The lowest BCUT2D eigenvalue weighted by molar-refractivity contribution is 0.122. The monoisotopic (exact) mass is 324 g/mol. The summed E-state index contributed by atoms with van der Waals surface area (Å²) in [4.78, 5) is 19.2. The number of hydrogen-bond acceptors (Lipinski definition) is 6. The number of nitrogens with zero attached hydrogens (tertiary/aromatic N) is 4. The van der Waals surface area contributed by atoms with E-state index in [1.807, 2.05) is 19.1 Å². The summed E-state index contributed by atoms with van der Waals surface area (Å²) >= 11 is 0. The van der Waals surface area contributed by atoms with Gasteiger partial charge < -0.3 is 19.9 Å². The summed E-state index contributed by atoms with van der Waals surface area (Å²) in [5, 5.41) is 3.31. The molecule has 1 aliphatic rings. The molecule has 7 nitrogen and oxygen atoms in total. The van der Waals surface area contributed by atoms with Crippen molar-refractivity contribution < 1.29 is 4.74 Å². The summed E-state index contributed by atoms with van der Waals surface area (Å²) in [5.74, 6) is 2.29. The zero-order valence-electron chi connectivity index (χ0n) is 13.8. The molecule has 0 unspecified atom stereocenters. The van der Waals surface area contributed by atoms with E-state index in [-0.39, 0.29) is 0 Å². The highest BCUT2D eigenvalue weighted by Crippen LogP contribution is 2.25. The first kappa shape index (κ1) is 14.9. The van der Waals surface area contributed by atoms with Crippen molar-refractivity contribution in [3.8, 4) is 0 Å². The molecule has 0 amide bonds. The lowest BCUT2D eigenvalue weighted by atomic mass is 10.2. The molecule has 24 heavy (non-hydrogen) atoms. The van der Waals surface area contributed by atoms with Gasteiger partial charge in [-0.2, -0.15) is 4.98 Å². The quantitative estimate of drug-likeness (QED) is 0.771. The van der Waals surface area contributed by atoms with E-state index in [2.05, 4.69) is 49.2 Å². The number of rotatable bonds is 3. The summed E-state index contributed by atoms with van der Waals surface area (Å²) in [7, 11) is 0. The second-order valence-corrected chi connectivity index (χ2v) is 5.97. The molecular formula is C17H20N6O. The van der Waals surface area contributed by atoms with Gasteiger partial charge in [0, 0.05) is 18.8 Å². The molecule has 2 aromatic heterocycles. The minimum absolute atomic E-state index is 0.671. The highest BCUT2D eigenvalue weighted by molar-refractivity contribution is 5.85. The van der Waals surface area contributed by atoms with Crippen LogP contribution in [-0.4, -0.2) is 46.2 Å². The number of hydrogen-bond donors (Lipinski definition) is 2. The van der Waals surface area contributed by atoms with E-state index in [9.17, 15) is 0 Å². The van der Waals surface area contributed by atoms with E-state index in [1.165, 1.54) is 5.56 Å². The van der Waals surface area contributed by atoms with Gasteiger partial charge in [-0.1, -0.05) is 12.1 Å². The van der Waals surface area contributed by atoms with Crippen molar-refractivity contribution >= 4 is 28.6 Å². The Kier molecular flexibility index (Phi) is 3.78. The van der Waals surface area contributed by atoms with Gasteiger partial charge in [0.25, 0.3) is 0 Å². The van der Waals surface area contributed by atoms with Gasteiger partial charge in [0.15, 0.2) is 11.5 Å². The van der Waals surface area contributed by atoms with Crippen LogP contribution < -0.4 is 10.2 Å². The number of fused-ring (bicyclic) bond motifs is 1. The molecule has 3 aromatic rings. The largest absolute Gasteiger partial charge is 0.378 e. The van der Waals surface area contributed by atoms with Crippen molar-refractivity contribution in [3.63, 3.8) is 0 Å². The second-order valence-electron chi connectivity index (χ2n) is 5.97. The van der Waals surface area contributed by atoms with E-state index in [0.717, 1.165) is 35.9 Å². The Labute approximate surface area is 140 Å². The molecule has 0 aliphatic carbocycles. The molecule has 1 saturated heterocycles. The maximum absolute atomic E-state index is 5.44. The maximum Gasteiger partial charge on any atom is 0.207 e. The molecule has 7 heteroatoms. The van der Waals surface area contributed by atoms with Crippen LogP contribution in [0.3, 0.4) is 0 Å². The molecule has 0 bridgehead atoms. The SMILES string of the molecule is Cc1cccc(Nc2nc3nc(C)nc(N4CCOCC4)c3[nH]2)c1. The van der Waals surface area contributed by atoms with Crippen LogP contribution in [0.2, 0.25) is 0 Å². The minimum Gasteiger partial charge on any atom is -0.378 e. The molecular weight excluding hydrogens is 304 g/mol. The number of benzene rings is 1. The lowest BCUT2D eigenvalue weighted by Crippen LogP contribution is -2.37. The molecule has 1 aliphatic heterocycles. The Morgan fingerprint density at radius 3 is 2.75 bits per heavy atom. The van der Waals surface area contributed by atoms with Gasteiger partial charge in [0.2, 0.25) is 5.95 Å². The van der Waals surface area contributed by atoms with Crippen LogP contribution >= 0.6 is 0 Å². The third kappa shape index (κ3) is 2.90. The number of H-pyrrole nitrogens is 1. The van der Waals surface area contributed by atoms with E-state index < -0.39 is 0 Å². The standard InChI is InChI=1S/C17H20N6O/c1-11-4-3-5-13(10-11)20-17-21-14-15(22-17)18-12(2)19-16(14)23-6-8-24-9-7-23/h3-5,10H,6-9H2,1-2H3,(H2,18,19,20,21,22). The lowest BCUT2D eigenvalue weighted by Gasteiger charge is -2.28. The Morgan fingerprint density at radius 2 is 1.96 bits per heavy atom. The first-order valence-electron chi connectivity index (χ1n) is 8.10. The number of aromatic nitrogens is 4. The van der Waals surface area contributed by atoms with Crippen LogP contribution in [0.4, 0.5) is 17.5 Å². The molecule has 3 heterocycles. The Morgan fingerprint density at radius 1 is 1.12 bits per heavy atom. The second kappa shape index (κ2) is 6.09. The van der Waals surface area contributed by atoms with Gasteiger partial charge in [0.1, 0.15) is 11.3 Å². The predicted octanol–water partition coefficient (Wildman–Crippen LogP) is 2.55. The van der Waals surface area contributed by atoms with E-state index in [0.29, 0.717) is 24.8 Å². The number of anilines is 3. The number of morpholine rings is 1. The van der Waals surface area contributed by atoms with E-state index >= 15 is 0 Å². The fraction of sp³-hybridized carbons (Fsp3) is 0.353. The average Bonchev–Trinajstić information content (AvgIpc) is 2.97. The van der Waals surface area contributed by atoms with Gasteiger partial charge in [-0.15, -0.1) is 0 Å². The normalized spacial score (nSPS) is 15.0. The highest BCUT2D eigenvalue weighted by Gasteiger charge is 2.19. The molecule has 4 rings (SSSR count). The number of aryl methyl sites for hydroxylation is 2. The summed E-state index contributed by atoms with van der Waals surface area (Å²) in [6.07, 6.45) is 0. The fourth-order valence-corrected chi connectivity index (χ4v) is 2.91. The van der Waals surface area contributed by atoms with Gasteiger partial charge in [-0.05, 0) is 31.5 Å². The maximum atomic E-state index is 5.44. The van der Waals surface area contributed by atoms with Crippen LogP contribution in [0.25, 0.3) is 11.2 Å². The Bertz CT molecular complexity index is 869. The topological polar surface area (TPSA) is 79.0 Å². The molecule has 124 valence electrons. The molecule has 2 N–H and O–H groups in total. The number of ether oxygens (including phenoxy) is 1. The molecule has 0 spiro atoms. The molecule has 0 saturated carbocycles. The predicted molar refractivity (Wildman–Crippen MR) is 93.9 cm³/mol. The molecule has 0 radical (unpaired) electrons. The van der Waals surface area contributed by atoms with Crippen LogP contribution in [0.5, 0.6) is 0 Å². The van der Waals surface area contributed by atoms with E-state index in [1.54, 1.807) is 0 Å². The van der Waals surface area contributed by atoms with Crippen LogP contribution in [0, 0.1) is 13.8 Å². The zero-order valence-corrected chi connectivity index (χ0v) is 13.8. The molecule has 1 aromatic carbocycles. The smallest absolute Gasteiger partial charge is 0.207 e. The molecule has 0 atom stereocenters. The minimum atomic E-state index is 0.671. The average molecular weight is 324 g/mol. The van der Waals surface area contributed by atoms with Crippen LogP contribution in [0.15, 0.2) is 24.3 Å². The van der Waals surface area contributed by atoms with Crippen LogP contribution in [0.1, 0.15) is 11.4 Å². The third-order valence-corrected chi connectivity index (χ3v) is 4.04. The summed E-state index contributed by atoms with van der Waals surface area (Å²) < 4.78 is 5.44. The van der Waals surface area contributed by atoms with Crippen LogP contribution in [-0.2, 0) is 4.74 Å². The van der Waals surface area contributed by atoms with Gasteiger partial charge in [-0.25, -0.2) is 9.97 Å². The third-order valence-electron chi connectivity index (χ3n) is 4.04. The highest BCUT2D eigenvalue weighted by atomic mass is 16.5. The van der Waals surface area contributed by atoms with Gasteiger partial charge in [-0.3, -0.25) is 0 Å². The zero-order chi connectivity index (χ0) is 16.5.